The zero-order valence-corrected chi connectivity index (χ0v) is 9.32. The Labute approximate surface area is 91.5 Å². The number of nitrogens with zero attached hydrogens (tertiary/aromatic N) is 2. The first-order valence-corrected chi connectivity index (χ1v) is 5.66. The van der Waals surface area contributed by atoms with Crippen LogP contribution in [0.1, 0.15) is 18.5 Å². The molecular weight excluding hydrogens is 186 g/mol. The highest BCUT2D eigenvalue weighted by Crippen LogP contribution is 2.17. The van der Waals surface area contributed by atoms with Crippen LogP contribution in [0.15, 0.2) is 24.4 Å². The first-order valence-electron chi connectivity index (χ1n) is 5.66. The molecule has 1 aromatic rings. The number of rotatable bonds is 6. The molecule has 3 nitrogen and oxygen atoms in total. The number of hydrogen-bond acceptors (Lipinski definition) is 3. The predicted octanol–water partition coefficient (Wildman–Crippen LogP) is 1.27. The highest BCUT2D eigenvalue weighted by atomic mass is 15.1. The molecular formula is C12H19N3. The molecule has 2 rings (SSSR count). The van der Waals surface area contributed by atoms with Gasteiger partial charge in [0.05, 0.1) is 5.69 Å². The van der Waals surface area contributed by atoms with Gasteiger partial charge in [-0.1, -0.05) is 6.07 Å². The lowest BCUT2D eigenvalue weighted by Gasteiger charge is -2.16. The van der Waals surface area contributed by atoms with Crippen molar-refractivity contribution in [3.63, 3.8) is 0 Å². The molecule has 1 N–H and O–H groups in total. The molecule has 1 fully saturated rings. The van der Waals surface area contributed by atoms with Gasteiger partial charge in [-0.3, -0.25) is 9.88 Å². The maximum absolute atomic E-state index is 4.31. The van der Waals surface area contributed by atoms with Gasteiger partial charge in [-0.15, -0.1) is 0 Å². The summed E-state index contributed by atoms with van der Waals surface area (Å²) >= 11 is 0. The van der Waals surface area contributed by atoms with E-state index in [1.807, 2.05) is 18.3 Å². The van der Waals surface area contributed by atoms with Gasteiger partial charge in [0, 0.05) is 31.9 Å². The molecule has 0 aliphatic heterocycles. The highest BCUT2D eigenvalue weighted by Gasteiger charge is 2.19. The first-order chi connectivity index (χ1) is 7.34. The average molecular weight is 205 g/mol. The molecule has 82 valence electrons. The SMILES string of the molecule is CN(CCNC1CC1)Cc1ccccn1. The van der Waals surface area contributed by atoms with Crippen LogP contribution in [0, 0.1) is 0 Å². The van der Waals surface area contributed by atoms with Crippen molar-refractivity contribution in [3.05, 3.63) is 30.1 Å². The normalized spacial score (nSPS) is 15.9. The third-order valence-corrected chi connectivity index (χ3v) is 2.66. The topological polar surface area (TPSA) is 28.2 Å². The fourth-order valence-corrected chi connectivity index (χ4v) is 1.59. The third-order valence-electron chi connectivity index (χ3n) is 2.66. The molecule has 0 saturated heterocycles. The van der Waals surface area contributed by atoms with Crippen molar-refractivity contribution >= 4 is 0 Å². The Morgan fingerprint density at radius 2 is 2.33 bits per heavy atom. The van der Waals surface area contributed by atoms with Crippen molar-refractivity contribution in [2.24, 2.45) is 0 Å². The fourth-order valence-electron chi connectivity index (χ4n) is 1.59. The predicted molar refractivity (Wildman–Crippen MR) is 61.6 cm³/mol. The van der Waals surface area contributed by atoms with E-state index in [2.05, 4.69) is 28.3 Å². The molecule has 0 amide bonds. The second-order valence-electron chi connectivity index (χ2n) is 4.29. The van der Waals surface area contributed by atoms with Crippen LogP contribution >= 0.6 is 0 Å². The molecule has 0 spiro atoms. The summed E-state index contributed by atoms with van der Waals surface area (Å²) in [7, 11) is 2.14. The summed E-state index contributed by atoms with van der Waals surface area (Å²) in [5, 5.41) is 3.51. The average Bonchev–Trinajstić information content (AvgIpc) is 3.03. The van der Waals surface area contributed by atoms with E-state index in [0.29, 0.717) is 0 Å². The molecule has 1 aliphatic carbocycles. The Morgan fingerprint density at radius 1 is 1.47 bits per heavy atom. The molecule has 0 atom stereocenters. The molecule has 0 radical (unpaired) electrons. The lowest BCUT2D eigenvalue weighted by Crippen LogP contribution is -2.30. The van der Waals surface area contributed by atoms with Crippen LogP contribution in [-0.2, 0) is 6.54 Å². The Balaban J connectivity index is 1.65. The number of aromatic nitrogens is 1. The second kappa shape index (κ2) is 5.24. The Hall–Kier alpha value is -0.930. The quantitative estimate of drug-likeness (QED) is 0.758. The molecule has 15 heavy (non-hydrogen) atoms. The van der Waals surface area contributed by atoms with Gasteiger partial charge in [0.1, 0.15) is 0 Å². The molecule has 1 heterocycles. The maximum atomic E-state index is 4.31. The van der Waals surface area contributed by atoms with Crippen molar-refractivity contribution < 1.29 is 0 Å². The summed E-state index contributed by atoms with van der Waals surface area (Å²) < 4.78 is 0. The van der Waals surface area contributed by atoms with Crippen LogP contribution in [0.3, 0.4) is 0 Å². The van der Waals surface area contributed by atoms with Gasteiger partial charge in [-0.05, 0) is 32.0 Å². The largest absolute Gasteiger partial charge is 0.313 e. The van der Waals surface area contributed by atoms with Gasteiger partial charge >= 0.3 is 0 Å². The lowest BCUT2D eigenvalue weighted by atomic mass is 10.3. The summed E-state index contributed by atoms with van der Waals surface area (Å²) in [6.45, 7) is 3.12. The Bertz CT molecular complexity index is 282. The van der Waals surface area contributed by atoms with E-state index in [1.54, 1.807) is 0 Å². The van der Waals surface area contributed by atoms with Crippen LogP contribution in [0.25, 0.3) is 0 Å². The van der Waals surface area contributed by atoms with Crippen molar-refractivity contribution in [2.75, 3.05) is 20.1 Å². The summed E-state index contributed by atoms with van der Waals surface area (Å²) in [5.41, 5.74) is 1.14. The van der Waals surface area contributed by atoms with Crippen molar-refractivity contribution in [2.45, 2.75) is 25.4 Å². The second-order valence-corrected chi connectivity index (χ2v) is 4.29. The zero-order valence-electron chi connectivity index (χ0n) is 9.32. The van der Waals surface area contributed by atoms with Crippen LogP contribution in [0.2, 0.25) is 0 Å². The standard InChI is InChI=1S/C12H19N3/c1-15(9-8-14-11-5-6-11)10-12-4-2-3-7-13-12/h2-4,7,11,14H,5-6,8-10H2,1H3. The van der Waals surface area contributed by atoms with Gasteiger partial charge in [-0.25, -0.2) is 0 Å². The van der Waals surface area contributed by atoms with E-state index < -0.39 is 0 Å². The van der Waals surface area contributed by atoms with E-state index in [0.717, 1.165) is 31.4 Å². The van der Waals surface area contributed by atoms with Gasteiger partial charge in [-0.2, -0.15) is 0 Å². The Kier molecular flexibility index (Phi) is 3.69. The lowest BCUT2D eigenvalue weighted by molar-refractivity contribution is 0.320. The molecule has 0 aromatic carbocycles. The molecule has 1 saturated carbocycles. The Morgan fingerprint density at radius 3 is 3.00 bits per heavy atom. The van der Waals surface area contributed by atoms with Gasteiger partial charge in [0.25, 0.3) is 0 Å². The number of hydrogen-bond donors (Lipinski definition) is 1. The zero-order chi connectivity index (χ0) is 10.5. The minimum atomic E-state index is 0.813. The number of likely N-dealkylation sites (N-methyl/N-ethyl adjacent to an activating group) is 1. The van der Waals surface area contributed by atoms with E-state index in [9.17, 15) is 0 Å². The van der Waals surface area contributed by atoms with Crippen LogP contribution in [-0.4, -0.2) is 36.1 Å². The monoisotopic (exact) mass is 205 g/mol. The van der Waals surface area contributed by atoms with Crippen molar-refractivity contribution in [1.29, 1.82) is 0 Å². The van der Waals surface area contributed by atoms with Gasteiger partial charge in [0.15, 0.2) is 0 Å². The molecule has 1 aliphatic rings. The van der Waals surface area contributed by atoms with E-state index in [-0.39, 0.29) is 0 Å². The fraction of sp³-hybridized carbons (Fsp3) is 0.583. The van der Waals surface area contributed by atoms with Crippen LogP contribution in [0.4, 0.5) is 0 Å². The minimum absolute atomic E-state index is 0.813. The summed E-state index contributed by atoms with van der Waals surface area (Å²) in [6.07, 6.45) is 4.58. The molecule has 1 aromatic heterocycles. The van der Waals surface area contributed by atoms with E-state index in [4.69, 9.17) is 0 Å². The van der Waals surface area contributed by atoms with Crippen LogP contribution < -0.4 is 5.32 Å². The third kappa shape index (κ3) is 3.98. The van der Waals surface area contributed by atoms with Crippen LogP contribution in [0.5, 0.6) is 0 Å². The van der Waals surface area contributed by atoms with Crippen molar-refractivity contribution in [3.8, 4) is 0 Å². The van der Waals surface area contributed by atoms with Crippen molar-refractivity contribution in [1.82, 2.24) is 15.2 Å². The van der Waals surface area contributed by atoms with Gasteiger partial charge in [0.2, 0.25) is 0 Å². The summed E-state index contributed by atoms with van der Waals surface area (Å²) in [5.74, 6) is 0. The molecule has 0 unspecified atom stereocenters. The van der Waals surface area contributed by atoms with Gasteiger partial charge < -0.3 is 5.32 Å². The highest BCUT2D eigenvalue weighted by molar-refractivity contribution is 5.02. The van der Waals surface area contributed by atoms with E-state index >= 15 is 0 Å². The number of nitrogens with one attached hydrogen (secondary N) is 1. The maximum Gasteiger partial charge on any atom is 0.0543 e. The first kappa shape index (κ1) is 10.6. The molecule has 0 bridgehead atoms. The summed E-state index contributed by atoms with van der Waals surface area (Å²) in [4.78, 5) is 6.62. The van der Waals surface area contributed by atoms with E-state index in [1.165, 1.54) is 12.8 Å². The number of pyridine rings is 1. The molecule has 3 heteroatoms. The summed E-state index contributed by atoms with van der Waals surface area (Å²) in [6, 6.07) is 6.88. The minimum Gasteiger partial charge on any atom is -0.313 e. The smallest absolute Gasteiger partial charge is 0.0543 e.